The lowest BCUT2D eigenvalue weighted by molar-refractivity contribution is 0.463. The number of phenolic OH excluding ortho intramolecular Hbond substituents is 1. The van der Waals surface area contributed by atoms with E-state index in [1.54, 1.807) is 0 Å². The van der Waals surface area contributed by atoms with Gasteiger partial charge in [0.2, 0.25) is 0 Å². The number of hydrogen-bond donors (Lipinski definition) is 1. The van der Waals surface area contributed by atoms with Crippen LogP contribution in [0.2, 0.25) is 0 Å². The lowest BCUT2D eigenvalue weighted by atomic mass is 9.89. The Morgan fingerprint density at radius 3 is 1.35 bits per heavy atom. The van der Waals surface area contributed by atoms with Gasteiger partial charge >= 0.3 is 0 Å². The Hall–Kier alpha value is -0.980. The van der Waals surface area contributed by atoms with Gasteiger partial charge in [0.25, 0.3) is 0 Å². The summed E-state index contributed by atoms with van der Waals surface area (Å²) in [7, 11) is 0. The van der Waals surface area contributed by atoms with Gasteiger partial charge in [-0.25, -0.2) is 0 Å². The van der Waals surface area contributed by atoms with Crippen molar-refractivity contribution in [2.75, 3.05) is 0 Å². The van der Waals surface area contributed by atoms with Gasteiger partial charge in [-0.3, -0.25) is 0 Å². The molecule has 1 N–H and O–H groups in total. The van der Waals surface area contributed by atoms with Gasteiger partial charge < -0.3 is 5.11 Å². The molecule has 1 nitrogen and oxygen atoms in total. The molecule has 0 aliphatic carbocycles. The molecule has 0 aromatic heterocycles. The van der Waals surface area contributed by atoms with Crippen molar-refractivity contribution >= 4 is 0 Å². The van der Waals surface area contributed by atoms with Crippen molar-refractivity contribution in [3.05, 3.63) is 28.8 Å². The molecule has 31 heavy (non-hydrogen) atoms. The van der Waals surface area contributed by atoms with Crippen LogP contribution in [0, 0.1) is 0 Å². The van der Waals surface area contributed by atoms with E-state index >= 15 is 0 Å². The van der Waals surface area contributed by atoms with Crippen LogP contribution in [0.3, 0.4) is 0 Å². The molecule has 0 bridgehead atoms. The molecule has 1 rings (SSSR count). The number of phenols is 1. The Labute approximate surface area is 195 Å². The molecular formula is C30H54O. The monoisotopic (exact) mass is 430 g/mol. The molecular weight excluding hydrogens is 376 g/mol. The molecule has 0 heterocycles. The summed E-state index contributed by atoms with van der Waals surface area (Å²) in [4.78, 5) is 0. The van der Waals surface area contributed by atoms with Crippen LogP contribution >= 0.6 is 0 Å². The van der Waals surface area contributed by atoms with Gasteiger partial charge in [0.05, 0.1) is 0 Å². The number of rotatable bonds is 21. The molecule has 0 aliphatic rings. The maximum absolute atomic E-state index is 10.7. The Morgan fingerprint density at radius 1 is 0.452 bits per heavy atom. The molecule has 1 aromatic carbocycles. The zero-order valence-corrected chi connectivity index (χ0v) is 21.5. The third kappa shape index (κ3) is 13.2. The minimum Gasteiger partial charge on any atom is -0.508 e. The average molecular weight is 431 g/mol. The Morgan fingerprint density at radius 2 is 0.839 bits per heavy atom. The van der Waals surface area contributed by atoms with Gasteiger partial charge in [-0.2, -0.15) is 0 Å². The van der Waals surface area contributed by atoms with Gasteiger partial charge in [-0.05, 0) is 61.3 Å². The highest BCUT2D eigenvalue weighted by Crippen LogP contribution is 2.30. The minimum atomic E-state index is 0.554. The van der Waals surface area contributed by atoms with Crippen molar-refractivity contribution in [2.24, 2.45) is 0 Å². The number of aryl methyl sites for hydroxylation is 1. The standard InChI is InChI=1S/C30H54O/c1-4-7-10-12-13-14-15-16-18-21-24-29-28(23-20-17-11-8-5-2)27(22-19-9-6-3)25-26-30(29)31/h25-26,31H,4-24H2,1-3H3. The minimum absolute atomic E-state index is 0.554. The first kappa shape index (κ1) is 28.1. The number of hydrogen-bond acceptors (Lipinski definition) is 1. The summed E-state index contributed by atoms with van der Waals surface area (Å²) >= 11 is 0. The molecule has 1 aromatic rings. The van der Waals surface area contributed by atoms with Gasteiger partial charge in [0.1, 0.15) is 5.75 Å². The predicted molar refractivity (Wildman–Crippen MR) is 139 cm³/mol. The van der Waals surface area contributed by atoms with Crippen molar-refractivity contribution in [1.82, 2.24) is 0 Å². The molecule has 0 aliphatic heterocycles. The molecule has 0 amide bonds. The second-order valence-electron chi connectivity index (χ2n) is 9.75. The molecule has 0 atom stereocenters. The summed E-state index contributed by atoms with van der Waals surface area (Å²) < 4.78 is 0. The van der Waals surface area contributed by atoms with Crippen LogP contribution in [0.1, 0.15) is 153 Å². The number of benzene rings is 1. The third-order valence-corrected chi connectivity index (χ3v) is 6.86. The summed E-state index contributed by atoms with van der Waals surface area (Å²) in [5.41, 5.74) is 4.30. The molecule has 0 fully saturated rings. The molecule has 0 saturated heterocycles. The Bertz CT molecular complexity index is 533. The largest absolute Gasteiger partial charge is 0.508 e. The second kappa shape index (κ2) is 19.7. The van der Waals surface area contributed by atoms with Gasteiger partial charge in [-0.15, -0.1) is 0 Å². The lowest BCUT2D eigenvalue weighted by Gasteiger charge is -2.17. The van der Waals surface area contributed by atoms with Crippen LogP contribution in [0.4, 0.5) is 0 Å². The number of unbranched alkanes of at least 4 members (excludes halogenated alkanes) is 15. The smallest absolute Gasteiger partial charge is 0.119 e. The van der Waals surface area contributed by atoms with E-state index in [4.69, 9.17) is 0 Å². The van der Waals surface area contributed by atoms with Crippen molar-refractivity contribution in [3.8, 4) is 5.75 Å². The van der Waals surface area contributed by atoms with Crippen molar-refractivity contribution in [2.45, 2.75) is 156 Å². The summed E-state index contributed by atoms with van der Waals surface area (Å²) in [5.74, 6) is 0.554. The van der Waals surface area contributed by atoms with Crippen molar-refractivity contribution in [1.29, 1.82) is 0 Å². The normalized spacial score (nSPS) is 11.3. The highest BCUT2D eigenvalue weighted by molar-refractivity contribution is 5.45. The Balaban J connectivity index is 2.52. The first-order valence-electron chi connectivity index (χ1n) is 14.1. The van der Waals surface area contributed by atoms with Crippen LogP contribution in [-0.4, -0.2) is 5.11 Å². The van der Waals surface area contributed by atoms with Gasteiger partial charge in [0, 0.05) is 0 Å². The third-order valence-electron chi connectivity index (χ3n) is 6.86. The quantitative estimate of drug-likeness (QED) is 0.192. The van der Waals surface area contributed by atoms with Crippen LogP contribution in [0.5, 0.6) is 5.75 Å². The Kier molecular flexibility index (Phi) is 17.8. The van der Waals surface area contributed by atoms with Crippen LogP contribution in [-0.2, 0) is 19.3 Å². The lowest BCUT2D eigenvalue weighted by Crippen LogP contribution is -2.03. The maximum Gasteiger partial charge on any atom is 0.119 e. The van der Waals surface area contributed by atoms with E-state index in [9.17, 15) is 5.11 Å². The molecule has 0 saturated carbocycles. The maximum atomic E-state index is 10.7. The van der Waals surface area contributed by atoms with E-state index in [0.717, 1.165) is 12.8 Å². The molecule has 0 radical (unpaired) electrons. The summed E-state index contributed by atoms with van der Waals surface area (Å²) in [6, 6.07) is 4.20. The molecule has 0 spiro atoms. The molecule has 180 valence electrons. The second-order valence-corrected chi connectivity index (χ2v) is 9.75. The van der Waals surface area contributed by atoms with E-state index in [0.29, 0.717) is 5.75 Å². The van der Waals surface area contributed by atoms with E-state index in [1.165, 1.54) is 139 Å². The topological polar surface area (TPSA) is 20.2 Å². The van der Waals surface area contributed by atoms with Crippen molar-refractivity contribution < 1.29 is 5.11 Å². The fourth-order valence-electron chi connectivity index (χ4n) is 4.81. The van der Waals surface area contributed by atoms with E-state index in [2.05, 4.69) is 26.8 Å². The van der Waals surface area contributed by atoms with E-state index in [1.807, 2.05) is 6.07 Å². The highest BCUT2D eigenvalue weighted by atomic mass is 16.3. The predicted octanol–water partition coefficient (Wildman–Crippen LogP) is 10.1. The fourth-order valence-corrected chi connectivity index (χ4v) is 4.81. The number of aromatic hydroxyl groups is 1. The SMILES string of the molecule is CCCCCCCCCCCCc1c(O)ccc(CCCCC)c1CCCCCCC. The molecule has 0 unspecified atom stereocenters. The first-order valence-corrected chi connectivity index (χ1v) is 14.1. The van der Waals surface area contributed by atoms with E-state index < -0.39 is 0 Å². The summed E-state index contributed by atoms with van der Waals surface area (Å²) in [6.07, 6.45) is 27.6. The first-order chi connectivity index (χ1) is 15.2. The van der Waals surface area contributed by atoms with Crippen LogP contribution < -0.4 is 0 Å². The van der Waals surface area contributed by atoms with Gasteiger partial charge in [-0.1, -0.05) is 123 Å². The fraction of sp³-hybridized carbons (Fsp3) is 0.800. The van der Waals surface area contributed by atoms with Crippen LogP contribution in [0.15, 0.2) is 12.1 Å². The summed E-state index contributed by atoms with van der Waals surface area (Å²) in [6.45, 7) is 6.85. The zero-order valence-electron chi connectivity index (χ0n) is 21.5. The van der Waals surface area contributed by atoms with E-state index in [-0.39, 0.29) is 0 Å². The zero-order chi connectivity index (χ0) is 22.6. The average Bonchev–Trinajstić information content (AvgIpc) is 2.77. The van der Waals surface area contributed by atoms with Crippen molar-refractivity contribution in [3.63, 3.8) is 0 Å². The summed E-state index contributed by atoms with van der Waals surface area (Å²) in [5, 5.41) is 10.7. The highest BCUT2D eigenvalue weighted by Gasteiger charge is 2.13. The van der Waals surface area contributed by atoms with Gasteiger partial charge in [0.15, 0.2) is 0 Å². The molecule has 1 heteroatoms. The van der Waals surface area contributed by atoms with Crippen LogP contribution in [0.25, 0.3) is 0 Å².